The second kappa shape index (κ2) is 52.7. The SMILES string of the molecule is CC/C=C\C/C=C\C/C=C\C/C=C\C/C=C\CC(=O)OC(COC(=O)CCCCCCCCCCC)COC(=O)CCCCCCCCCCCCCCCCCCCCCCCC. The number of carbonyl (C=O) groups is 3. The summed E-state index contributed by atoms with van der Waals surface area (Å²) in [6.45, 7) is 6.44. The predicted octanol–water partition coefficient (Wildman–Crippen LogP) is 18.0. The molecule has 0 aromatic carbocycles. The van der Waals surface area contributed by atoms with E-state index in [0.717, 1.165) is 70.6 Å². The third-order valence-corrected chi connectivity index (χ3v) is 11.8. The summed E-state index contributed by atoms with van der Waals surface area (Å²) in [7, 11) is 0. The van der Waals surface area contributed by atoms with E-state index >= 15 is 0 Å². The second-order valence-electron chi connectivity index (χ2n) is 18.1. The molecular weight excluding hydrogens is 793 g/mol. The standard InChI is InChI=1S/C58H102O6/c1-4-7-10-13-16-19-21-23-25-26-27-28-29-30-31-33-34-36-39-42-45-48-51-57(60)63-54-55(53-62-56(59)50-47-44-41-38-18-15-12-9-6-3)64-58(61)52-49-46-43-40-37-35-32-24-22-20-17-14-11-8-5-2/h8,11,17,20,24,32,37,40,46,49,55H,4-7,9-10,12-16,18-19,21-23,25-31,33-36,38-39,41-45,47-48,50-54H2,1-3H3/b11-8-,20-17-,32-24-,40-37-,49-46-. The lowest BCUT2D eigenvalue weighted by Crippen LogP contribution is -2.30. The molecule has 0 rings (SSSR count). The zero-order valence-corrected chi connectivity index (χ0v) is 42.3. The van der Waals surface area contributed by atoms with E-state index in [4.69, 9.17) is 14.2 Å². The first kappa shape index (κ1) is 61.1. The Balaban J connectivity index is 4.30. The average molecular weight is 895 g/mol. The first-order valence-electron chi connectivity index (χ1n) is 27.3. The van der Waals surface area contributed by atoms with E-state index in [0.29, 0.717) is 12.8 Å². The smallest absolute Gasteiger partial charge is 0.310 e. The van der Waals surface area contributed by atoms with Crippen LogP contribution in [0.25, 0.3) is 0 Å². The van der Waals surface area contributed by atoms with Crippen LogP contribution in [0.1, 0.15) is 271 Å². The van der Waals surface area contributed by atoms with Crippen LogP contribution in [0.15, 0.2) is 60.8 Å². The van der Waals surface area contributed by atoms with Crippen LogP contribution in [-0.2, 0) is 28.6 Å². The van der Waals surface area contributed by atoms with Crippen molar-refractivity contribution in [2.24, 2.45) is 0 Å². The van der Waals surface area contributed by atoms with Gasteiger partial charge in [-0.15, -0.1) is 0 Å². The number of ether oxygens (including phenoxy) is 3. The number of allylic oxidation sites excluding steroid dienone is 9. The zero-order chi connectivity index (χ0) is 46.5. The zero-order valence-electron chi connectivity index (χ0n) is 42.3. The number of esters is 3. The van der Waals surface area contributed by atoms with Crippen LogP contribution in [0.2, 0.25) is 0 Å². The Labute approximate surface area is 396 Å². The topological polar surface area (TPSA) is 78.9 Å². The van der Waals surface area contributed by atoms with Gasteiger partial charge in [0.15, 0.2) is 6.10 Å². The molecule has 6 nitrogen and oxygen atoms in total. The van der Waals surface area contributed by atoms with E-state index in [1.54, 1.807) is 6.08 Å². The summed E-state index contributed by atoms with van der Waals surface area (Å²) in [4.78, 5) is 37.9. The Morgan fingerprint density at radius 2 is 0.594 bits per heavy atom. The summed E-state index contributed by atoms with van der Waals surface area (Å²) in [6.07, 6.45) is 65.4. The molecule has 1 unspecified atom stereocenters. The first-order chi connectivity index (χ1) is 31.5. The van der Waals surface area contributed by atoms with Crippen molar-refractivity contribution >= 4 is 17.9 Å². The number of carbonyl (C=O) groups excluding carboxylic acids is 3. The van der Waals surface area contributed by atoms with Crippen molar-refractivity contribution in [3.8, 4) is 0 Å². The van der Waals surface area contributed by atoms with Crippen LogP contribution in [0.5, 0.6) is 0 Å². The molecule has 0 aliphatic heterocycles. The molecule has 0 aromatic rings. The van der Waals surface area contributed by atoms with Gasteiger partial charge in [-0.05, 0) is 44.9 Å². The maximum atomic E-state index is 12.7. The summed E-state index contributed by atoms with van der Waals surface area (Å²) in [5.74, 6) is -1.03. The average Bonchev–Trinajstić information content (AvgIpc) is 3.29. The van der Waals surface area contributed by atoms with Gasteiger partial charge in [0.2, 0.25) is 0 Å². The quantitative estimate of drug-likeness (QED) is 0.0262. The van der Waals surface area contributed by atoms with E-state index in [-0.39, 0.29) is 31.6 Å². The monoisotopic (exact) mass is 895 g/mol. The Kier molecular flexibility index (Phi) is 50.4. The van der Waals surface area contributed by atoms with Gasteiger partial charge < -0.3 is 14.2 Å². The number of unbranched alkanes of at least 4 members (excludes halogenated alkanes) is 29. The van der Waals surface area contributed by atoms with Gasteiger partial charge in [0.05, 0.1) is 6.42 Å². The van der Waals surface area contributed by atoms with Gasteiger partial charge in [0.25, 0.3) is 0 Å². The number of hydrogen-bond acceptors (Lipinski definition) is 6. The molecule has 0 aliphatic rings. The highest BCUT2D eigenvalue weighted by Crippen LogP contribution is 2.16. The molecule has 0 heterocycles. The highest BCUT2D eigenvalue weighted by molar-refractivity contribution is 5.72. The van der Waals surface area contributed by atoms with Crippen molar-refractivity contribution in [1.82, 2.24) is 0 Å². The van der Waals surface area contributed by atoms with Gasteiger partial charge in [0.1, 0.15) is 13.2 Å². The lowest BCUT2D eigenvalue weighted by atomic mass is 10.0. The molecule has 6 heteroatoms. The van der Waals surface area contributed by atoms with Crippen LogP contribution in [-0.4, -0.2) is 37.2 Å². The molecule has 370 valence electrons. The first-order valence-corrected chi connectivity index (χ1v) is 27.3. The van der Waals surface area contributed by atoms with Crippen molar-refractivity contribution in [2.75, 3.05) is 13.2 Å². The minimum atomic E-state index is -0.823. The molecule has 1 atom stereocenters. The van der Waals surface area contributed by atoms with E-state index < -0.39 is 12.1 Å². The van der Waals surface area contributed by atoms with Crippen LogP contribution in [0.3, 0.4) is 0 Å². The summed E-state index contributed by atoms with van der Waals surface area (Å²) < 4.78 is 16.7. The van der Waals surface area contributed by atoms with Crippen molar-refractivity contribution in [1.29, 1.82) is 0 Å². The molecule has 0 radical (unpaired) electrons. The fourth-order valence-electron chi connectivity index (χ4n) is 7.75. The van der Waals surface area contributed by atoms with Gasteiger partial charge >= 0.3 is 17.9 Å². The Bertz CT molecular complexity index is 1170. The third kappa shape index (κ3) is 50.1. The lowest BCUT2D eigenvalue weighted by molar-refractivity contribution is -0.166. The van der Waals surface area contributed by atoms with E-state index in [1.807, 2.05) is 6.08 Å². The van der Waals surface area contributed by atoms with Crippen LogP contribution < -0.4 is 0 Å². The highest BCUT2D eigenvalue weighted by atomic mass is 16.6. The maximum Gasteiger partial charge on any atom is 0.310 e. The Morgan fingerprint density at radius 3 is 0.891 bits per heavy atom. The van der Waals surface area contributed by atoms with Crippen molar-refractivity contribution in [3.05, 3.63) is 60.8 Å². The third-order valence-electron chi connectivity index (χ3n) is 11.8. The van der Waals surface area contributed by atoms with Gasteiger partial charge in [-0.3, -0.25) is 14.4 Å². The van der Waals surface area contributed by atoms with Crippen LogP contribution in [0.4, 0.5) is 0 Å². The van der Waals surface area contributed by atoms with Crippen molar-refractivity contribution in [2.45, 2.75) is 277 Å². The summed E-state index contributed by atoms with van der Waals surface area (Å²) in [5, 5.41) is 0. The lowest BCUT2D eigenvalue weighted by Gasteiger charge is -2.18. The van der Waals surface area contributed by atoms with Crippen LogP contribution in [0, 0.1) is 0 Å². The molecule has 0 saturated carbocycles. The fourth-order valence-corrected chi connectivity index (χ4v) is 7.75. The van der Waals surface area contributed by atoms with E-state index in [1.165, 1.54) is 161 Å². The predicted molar refractivity (Wildman–Crippen MR) is 275 cm³/mol. The molecule has 0 amide bonds. The maximum absolute atomic E-state index is 12.7. The largest absolute Gasteiger partial charge is 0.462 e. The minimum Gasteiger partial charge on any atom is -0.462 e. The molecule has 0 spiro atoms. The molecule has 0 bridgehead atoms. The molecule has 0 aromatic heterocycles. The van der Waals surface area contributed by atoms with Crippen molar-refractivity contribution < 1.29 is 28.6 Å². The van der Waals surface area contributed by atoms with Crippen molar-refractivity contribution in [3.63, 3.8) is 0 Å². The fraction of sp³-hybridized carbons (Fsp3) is 0.776. The Morgan fingerprint density at radius 1 is 0.328 bits per heavy atom. The molecule has 64 heavy (non-hydrogen) atoms. The van der Waals surface area contributed by atoms with Gasteiger partial charge in [-0.1, -0.05) is 268 Å². The molecule has 0 N–H and O–H groups in total. The molecular formula is C58H102O6. The van der Waals surface area contributed by atoms with Gasteiger partial charge in [-0.2, -0.15) is 0 Å². The summed E-state index contributed by atoms with van der Waals surface area (Å²) >= 11 is 0. The minimum absolute atomic E-state index is 0.101. The van der Waals surface area contributed by atoms with E-state index in [9.17, 15) is 14.4 Å². The summed E-state index contributed by atoms with van der Waals surface area (Å²) in [6, 6.07) is 0. The normalized spacial score (nSPS) is 12.5. The van der Waals surface area contributed by atoms with Gasteiger partial charge in [0, 0.05) is 12.8 Å². The van der Waals surface area contributed by atoms with Crippen LogP contribution >= 0.6 is 0 Å². The molecule has 0 fully saturated rings. The van der Waals surface area contributed by atoms with E-state index in [2.05, 4.69) is 69.4 Å². The molecule has 0 saturated heterocycles. The Hall–Kier alpha value is -2.89. The highest BCUT2D eigenvalue weighted by Gasteiger charge is 2.19. The second-order valence-corrected chi connectivity index (χ2v) is 18.1. The number of rotatable bonds is 49. The summed E-state index contributed by atoms with van der Waals surface area (Å²) in [5.41, 5.74) is 0. The van der Waals surface area contributed by atoms with Gasteiger partial charge in [-0.25, -0.2) is 0 Å². The molecule has 0 aliphatic carbocycles. The number of hydrogen-bond donors (Lipinski definition) is 0.